The molecular weight excluding hydrogens is 334 g/mol. The van der Waals surface area contributed by atoms with Gasteiger partial charge in [-0.2, -0.15) is 17.6 Å². The van der Waals surface area contributed by atoms with Crippen LogP contribution in [0.5, 0.6) is 0 Å². The molecule has 0 bridgehead atoms. The number of aliphatic hydroxyl groups excluding tert-OH is 1. The predicted octanol–water partition coefficient (Wildman–Crippen LogP) is -0.198. The van der Waals surface area contributed by atoms with Gasteiger partial charge in [0.15, 0.2) is 16.9 Å². The molecule has 2 aromatic rings. The lowest BCUT2D eigenvalue weighted by atomic mass is 10.0. The highest BCUT2D eigenvalue weighted by atomic mass is 32.1. The Morgan fingerprint density at radius 1 is 1.62 bits per heavy atom. The van der Waals surface area contributed by atoms with Gasteiger partial charge in [-0.1, -0.05) is 13.3 Å². The first-order valence-electron chi connectivity index (χ1n) is 7.61. The Labute approximate surface area is 142 Å². The van der Waals surface area contributed by atoms with E-state index in [0.29, 0.717) is 6.42 Å². The van der Waals surface area contributed by atoms with Crippen LogP contribution in [0.4, 0.5) is 5.95 Å². The van der Waals surface area contributed by atoms with E-state index in [1.807, 2.05) is 6.92 Å². The molecule has 0 saturated carbocycles. The molecule has 9 nitrogen and oxygen atoms in total. The molecule has 1 saturated heterocycles. The average Bonchev–Trinajstić information content (AvgIpc) is 3.03. The fraction of sp³-hybridized carbons (Fsp3) is 0.571. The minimum atomic E-state index is -1.61. The molecule has 0 aliphatic carbocycles. The maximum absolute atomic E-state index is 12.5. The fourth-order valence-electron chi connectivity index (χ4n) is 3.15. The Morgan fingerprint density at radius 2 is 2.33 bits per heavy atom. The summed E-state index contributed by atoms with van der Waals surface area (Å²) in [6.45, 7) is 3.29. The van der Waals surface area contributed by atoms with Gasteiger partial charge in [0, 0.05) is 0 Å². The highest BCUT2D eigenvalue weighted by Gasteiger charge is 2.58. The number of aliphatic hydroxyl groups is 1. The number of thiol groups is 1. The number of fused-ring (bicyclic) bond motifs is 1. The van der Waals surface area contributed by atoms with Crippen LogP contribution >= 0.6 is 12.6 Å². The number of nitrogens with two attached hydrogens (primary N) is 1. The molecule has 0 aromatic carbocycles. The zero-order chi connectivity index (χ0) is 17.6. The van der Waals surface area contributed by atoms with Crippen molar-refractivity contribution in [3.8, 4) is 0 Å². The highest BCUT2D eigenvalue weighted by molar-refractivity contribution is 7.81. The second-order valence-electron chi connectivity index (χ2n) is 5.87. The van der Waals surface area contributed by atoms with Crippen molar-refractivity contribution in [1.29, 1.82) is 0 Å². The van der Waals surface area contributed by atoms with Crippen molar-refractivity contribution < 1.29 is 14.6 Å². The second-order valence-corrected chi connectivity index (χ2v) is 6.43. The lowest BCUT2D eigenvalue weighted by Crippen LogP contribution is -2.48. The van der Waals surface area contributed by atoms with Crippen molar-refractivity contribution in [1.82, 2.24) is 19.5 Å². The van der Waals surface area contributed by atoms with E-state index in [-0.39, 0.29) is 22.9 Å². The van der Waals surface area contributed by atoms with Gasteiger partial charge in [0.25, 0.3) is 5.56 Å². The first-order chi connectivity index (χ1) is 11.3. The third kappa shape index (κ3) is 2.25. The van der Waals surface area contributed by atoms with E-state index >= 15 is 0 Å². The first kappa shape index (κ1) is 16.9. The third-order valence-corrected chi connectivity index (χ3v) is 4.95. The molecule has 10 heteroatoms. The maximum atomic E-state index is 12.5. The van der Waals surface area contributed by atoms with E-state index < -0.39 is 28.7 Å². The monoisotopic (exact) mass is 353 g/mol. The Balaban J connectivity index is 2.24. The van der Waals surface area contributed by atoms with Gasteiger partial charge < -0.3 is 15.6 Å². The molecule has 4 atom stereocenters. The number of H-pyrrole nitrogens is 1. The van der Waals surface area contributed by atoms with E-state index in [2.05, 4.69) is 27.6 Å². The minimum absolute atomic E-state index is 0.0300. The van der Waals surface area contributed by atoms with Gasteiger partial charge in [-0.3, -0.25) is 19.1 Å². The van der Waals surface area contributed by atoms with E-state index in [1.165, 1.54) is 17.8 Å². The van der Waals surface area contributed by atoms with Crippen molar-refractivity contribution in [2.75, 3.05) is 5.73 Å². The van der Waals surface area contributed by atoms with E-state index in [9.17, 15) is 14.7 Å². The number of rotatable bonds is 4. The number of hydrogen-bond donors (Lipinski definition) is 4. The molecule has 130 valence electrons. The van der Waals surface area contributed by atoms with Gasteiger partial charge in [0.1, 0.15) is 6.33 Å². The quantitative estimate of drug-likeness (QED) is 0.559. The molecule has 2 aromatic heterocycles. The Bertz CT molecular complexity index is 849. The number of aromatic nitrogens is 4. The number of ketones is 1. The maximum Gasteiger partial charge on any atom is 0.280 e. The summed E-state index contributed by atoms with van der Waals surface area (Å²) in [5.41, 5.74) is 3.62. The summed E-state index contributed by atoms with van der Waals surface area (Å²) in [7, 11) is 0. The van der Waals surface area contributed by atoms with E-state index in [0.717, 1.165) is 6.42 Å². The smallest absolute Gasteiger partial charge is 0.280 e. The van der Waals surface area contributed by atoms with Crippen LogP contribution in [-0.4, -0.2) is 47.9 Å². The first-order valence-corrected chi connectivity index (χ1v) is 8.12. The Kier molecular flexibility index (Phi) is 4.14. The number of nitrogens with one attached hydrogen (secondary N) is 1. The lowest BCUT2D eigenvalue weighted by molar-refractivity contribution is -0.155. The molecule has 0 amide bonds. The highest BCUT2D eigenvalue weighted by Crippen LogP contribution is 2.42. The van der Waals surface area contributed by atoms with Gasteiger partial charge in [-0.15, -0.1) is 0 Å². The second kappa shape index (κ2) is 5.87. The molecule has 1 fully saturated rings. The predicted molar refractivity (Wildman–Crippen MR) is 89.8 cm³/mol. The number of nitrogens with zero attached hydrogens (tertiary/aromatic N) is 3. The average molecular weight is 353 g/mol. The van der Waals surface area contributed by atoms with Crippen molar-refractivity contribution in [2.24, 2.45) is 0 Å². The number of imidazole rings is 1. The molecule has 0 radical (unpaired) electrons. The largest absolute Gasteiger partial charge is 0.389 e. The van der Waals surface area contributed by atoms with Crippen molar-refractivity contribution in [3.05, 3.63) is 16.7 Å². The van der Waals surface area contributed by atoms with E-state index in [1.54, 1.807) is 0 Å². The van der Waals surface area contributed by atoms with Gasteiger partial charge in [0.05, 0.1) is 17.5 Å². The summed E-state index contributed by atoms with van der Waals surface area (Å²) in [6, 6.07) is 0. The van der Waals surface area contributed by atoms with Crippen LogP contribution in [0.25, 0.3) is 11.2 Å². The van der Waals surface area contributed by atoms with E-state index in [4.69, 9.17) is 10.5 Å². The topological polar surface area (TPSA) is 136 Å². The van der Waals surface area contributed by atoms with Gasteiger partial charge in [-0.05, 0) is 13.3 Å². The minimum Gasteiger partial charge on any atom is -0.389 e. The summed E-state index contributed by atoms with van der Waals surface area (Å²) in [5.74, 6) is -0.479. The van der Waals surface area contributed by atoms with Crippen LogP contribution < -0.4 is 11.3 Å². The van der Waals surface area contributed by atoms with Crippen LogP contribution in [0.1, 0.15) is 26.7 Å². The molecular formula is C14H19N5O4S. The summed E-state index contributed by atoms with van der Waals surface area (Å²) in [5, 5.41) is 9.61. The van der Waals surface area contributed by atoms with Crippen LogP contribution in [0.2, 0.25) is 0 Å². The molecule has 1 aliphatic heterocycles. The van der Waals surface area contributed by atoms with Gasteiger partial charge in [-0.25, -0.2) is 4.98 Å². The standard InChI is InChI=1S/C14H19N5O4S/c1-3-4-7-9(21)10(24)14(23-7,6(2)20)19-5-16-8-11(19)17-13(15)18-12(8)22/h5,7,9-10,21,24H,3-4H2,1-2H3,(H3,15,17,18,22)/t7-,9-,10-,14-/m1/s1. The van der Waals surface area contributed by atoms with Crippen LogP contribution in [-0.2, 0) is 15.3 Å². The molecule has 3 heterocycles. The SMILES string of the molecule is CCC[C@H]1O[C@@](C(C)=O)(n2cnc3c(=O)[nH]c(N)nc32)[C@H](S)[C@@H]1O. The molecule has 24 heavy (non-hydrogen) atoms. The summed E-state index contributed by atoms with van der Waals surface area (Å²) in [4.78, 5) is 34.9. The zero-order valence-electron chi connectivity index (χ0n) is 13.3. The number of hydrogen-bond acceptors (Lipinski definition) is 8. The Hall–Kier alpha value is -1.91. The fourth-order valence-corrected chi connectivity index (χ4v) is 3.71. The van der Waals surface area contributed by atoms with Crippen LogP contribution in [0.15, 0.2) is 11.1 Å². The summed E-state index contributed by atoms with van der Waals surface area (Å²) in [6.07, 6.45) is 1.12. The van der Waals surface area contributed by atoms with Crippen molar-refractivity contribution in [3.63, 3.8) is 0 Å². The number of carbonyl (C=O) groups excluding carboxylic acids is 1. The number of nitrogen functional groups attached to an aromatic ring is 1. The summed E-state index contributed by atoms with van der Waals surface area (Å²) >= 11 is 4.43. The zero-order valence-corrected chi connectivity index (χ0v) is 14.2. The van der Waals surface area contributed by atoms with Crippen LogP contribution in [0.3, 0.4) is 0 Å². The number of Topliss-reactive ketones (excluding diaryl/α,β-unsaturated/α-hetero) is 1. The normalized spacial score (nSPS) is 30.1. The number of anilines is 1. The third-order valence-electron chi connectivity index (χ3n) is 4.30. The van der Waals surface area contributed by atoms with Crippen molar-refractivity contribution >= 4 is 35.5 Å². The number of ether oxygens (including phenoxy) is 1. The molecule has 1 aliphatic rings. The Morgan fingerprint density at radius 3 is 2.96 bits per heavy atom. The number of aromatic amines is 1. The van der Waals surface area contributed by atoms with Gasteiger partial charge in [0.2, 0.25) is 11.7 Å². The summed E-state index contributed by atoms with van der Waals surface area (Å²) < 4.78 is 7.30. The van der Waals surface area contributed by atoms with Gasteiger partial charge >= 0.3 is 0 Å². The lowest BCUT2D eigenvalue weighted by Gasteiger charge is -2.31. The molecule has 0 spiro atoms. The van der Waals surface area contributed by atoms with Crippen LogP contribution in [0, 0.1) is 0 Å². The molecule has 3 rings (SSSR count). The number of carbonyl (C=O) groups is 1. The molecule has 4 N–H and O–H groups in total. The van der Waals surface area contributed by atoms with Crippen molar-refractivity contribution in [2.45, 2.75) is 49.9 Å². The molecule has 0 unspecified atom stereocenters.